The molecule has 3 aromatic rings. The summed E-state index contributed by atoms with van der Waals surface area (Å²) in [5.74, 6) is -7.69. The molecule has 3 N–H and O–H groups in total. The molecule has 0 radical (unpaired) electrons. The van der Waals surface area contributed by atoms with Crippen molar-refractivity contribution >= 4 is 23.3 Å². The lowest BCUT2D eigenvalue weighted by molar-refractivity contribution is -0.148. The zero-order chi connectivity index (χ0) is 26.3. The van der Waals surface area contributed by atoms with Gasteiger partial charge in [0.2, 0.25) is 0 Å². The fourth-order valence-electron chi connectivity index (χ4n) is 5.69. The number of halogens is 4. The minimum atomic E-state index is -3.03. The molecule has 0 saturated heterocycles. The Morgan fingerprint density at radius 3 is 2.57 bits per heavy atom. The number of carbonyl (C=O) groups is 3. The molecule has 3 heterocycles. The standard InChI is InChI=1S/C24H20F4N6O3/c1-10-18(21(36)30-12-2-3-13(25)14(26)6-12)16-5-11-4-15(11)34(16)19(10)20(35)22(37)31-23(8-24(27,28)9-23)17-7-29-33-32-17/h2-3,6-7,11,15H,4-5,8-9H2,1H3,(H,30,36)(H,31,37)(H,29,32,33)/t11-,15-/m1/s1. The van der Waals surface area contributed by atoms with Gasteiger partial charge >= 0.3 is 0 Å². The molecule has 3 aliphatic rings. The van der Waals surface area contributed by atoms with Crippen molar-refractivity contribution in [3.05, 3.63) is 64.2 Å². The summed E-state index contributed by atoms with van der Waals surface area (Å²) in [6.07, 6.45) is 1.07. The molecule has 1 aromatic carbocycles. The highest BCUT2D eigenvalue weighted by molar-refractivity contribution is 6.43. The second-order valence-corrected chi connectivity index (χ2v) is 9.96. The van der Waals surface area contributed by atoms with Gasteiger partial charge in [-0.05, 0) is 43.4 Å². The summed E-state index contributed by atoms with van der Waals surface area (Å²) in [5.41, 5.74) is -0.339. The summed E-state index contributed by atoms with van der Waals surface area (Å²) < 4.78 is 56.3. The minimum Gasteiger partial charge on any atom is -0.338 e. The van der Waals surface area contributed by atoms with Crippen LogP contribution >= 0.6 is 0 Å². The van der Waals surface area contributed by atoms with E-state index in [9.17, 15) is 31.9 Å². The van der Waals surface area contributed by atoms with E-state index in [2.05, 4.69) is 26.0 Å². The average molecular weight is 516 g/mol. The number of aromatic amines is 1. The van der Waals surface area contributed by atoms with Crippen molar-refractivity contribution in [2.75, 3.05) is 5.32 Å². The van der Waals surface area contributed by atoms with Gasteiger partial charge in [-0.2, -0.15) is 0 Å². The second-order valence-electron chi connectivity index (χ2n) is 9.96. The zero-order valence-electron chi connectivity index (χ0n) is 19.4. The molecule has 192 valence electrons. The number of nitrogens with zero attached hydrogens (tertiary/aromatic N) is 3. The van der Waals surface area contributed by atoms with Gasteiger partial charge < -0.3 is 15.2 Å². The number of hydrogen-bond donors (Lipinski definition) is 3. The zero-order valence-corrected chi connectivity index (χ0v) is 19.4. The maximum atomic E-state index is 13.8. The molecule has 13 heteroatoms. The van der Waals surface area contributed by atoms with Gasteiger partial charge in [0, 0.05) is 36.3 Å². The number of ketones is 1. The number of amides is 2. The number of anilines is 1. The molecular formula is C24H20F4N6O3. The molecule has 2 aromatic heterocycles. The lowest BCUT2D eigenvalue weighted by Crippen LogP contribution is -2.61. The summed E-state index contributed by atoms with van der Waals surface area (Å²) in [4.78, 5) is 39.7. The molecule has 37 heavy (non-hydrogen) atoms. The molecule has 1 aliphatic heterocycles. The molecule has 2 aliphatic carbocycles. The van der Waals surface area contributed by atoms with Crippen molar-refractivity contribution in [3.63, 3.8) is 0 Å². The molecule has 6 rings (SSSR count). The van der Waals surface area contributed by atoms with Gasteiger partial charge in [0.05, 0.1) is 28.7 Å². The molecule has 2 atom stereocenters. The van der Waals surface area contributed by atoms with E-state index in [1.54, 1.807) is 4.57 Å². The molecule has 0 bridgehead atoms. The van der Waals surface area contributed by atoms with Gasteiger partial charge in [0.25, 0.3) is 23.5 Å². The van der Waals surface area contributed by atoms with Crippen LogP contribution in [0.25, 0.3) is 0 Å². The van der Waals surface area contributed by atoms with Crippen molar-refractivity contribution in [2.45, 2.75) is 50.1 Å². The largest absolute Gasteiger partial charge is 0.338 e. The highest BCUT2D eigenvalue weighted by Gasteiger charge is 2.60. The summed E-state index contributed by atoms with van der Waals surface area (Å²) >= 11 is 0. The van der Waals surface area contributed by atoms with E-state index >= 15 is 0 Å². The Balaban J connectivity index is 1.31. The summed E-state index contributed by atoms with van der Waals surface area (Å²) in [6.45, 7) is 1.52. The first-order valence-electron chi connectivity index (χ1n) is 11.6. The Morgan fingerprint density at radius 1 is 1.16 bits per heavy atom. The lowest BCUT2D eigenvalue weighted by Gasteiger charge is -2.46. The quantitative estimate of drug-likeness (QED) is 0.264. The number of fused-ring (bicyclic) bond motifs is 3. The van der Waals surface area contributed by atoms with Crippen LogP contribution < -0.4 is 10.6 Å². The maximum absolute atomic E-state index is 13.8. The van der Waals surface area contributed by atoms with E-state index in [1.807, 2.05) is 0 Å². The summed E-state index contributed by atoms with van der Waals surface area (Å²) in [5, 5.41) is 14.6. The third-order valence-corrected chi connectivity index (χ3v) is 7.45. The number of nitrogens with one attached hydrogen (secondary N) is 3. The van der Waals surface area contributed by atoms with Gasteiger partial charge in [-0.1, -0.05) is 5.21 Å². The van der Waals surface area contributed by atoms with Gasteiger partial charge in [-0.3, -0.25) is 19.5 Å². The van der Waals surface area contributed by atoms with Crippen LogP contribution in [0.4, 0.5) is 23.2 Å². The van der Waals surface area contributed by atoms with E-state index in [4.69, 9.17) is 0 Å². The van der Waals surface area contributed by atoms with Crippen molar-refractivity contribution < 1.29 is 31.9 Å². The number of Topliss-reactive ketones (excluding diaryl/α,β-unsaturated/α-hetero) is 1. The van der Waals surface area contributed by atoms with Gasteiger partial charge in [0.15, 0.2) is 11.6 Å². The second kappa shape index (κ2) is 7.73. The van der Waals surface area contributed by atoms with E-state index < -0.39 is 53.5 Å². The van der Waals surface area contributed by atoms with Crippen LogP contribution in [0.1, 0.15) is 63.1 Å². The molecule has 9 nitrogen and oxygen atoms in total. The van der Waals surface area contributed by atoms with Crippen molar-refractivity contribution in [1.82, 2.24) is 25.3 Å². The first-order valence-corrected chi connectivity index (χ1v) is 11.6. The van der Waals surface area contributed by atoms with Crippen LogP contribution in [0.2, 0.25) is 0 Å². The summed E-state index contributed by atoms with van der Waals surface area (Å²) in [7, 11) is 0. The lowest BCUT2D eigenvalue weighted by atomic mass is 9.71. The Hall–Kier alpha value is -4.03. The fourth-order valence-corrected chi connectivity index (χ4v) is 5.69. The number of aromatic nitrogens is 4. The highest BCUT2D eigenvalue weighted by atomic mass is 19.3. The Bertz CT molecular complexity index is 1470. The topological polar surface area (TPSA) is 122 Å². The SMILES string of the molecule is Cc1c(C(=O)Nc2ccc(F)c(F)c2)c2n(c1C(=O)C(=O)NC1(c3cnn[nH]3)CC(F)(F)C1)[C@@H]1C[C@@H]1C2. The van der Waals surface area contributed by atoms with Crippen LogP contribution in [0.3, 0.4) is 0 Å². The van der Waals surface area contributed by atoms with Crippen LogP contribution in [-0.4, -0.2) is 43.5 Å². The number of carbonyl (C=O) groups excluding carboxylic acids is 3. The highest BCUT2D eigenvalue weighted by Crippen LogP contribution is 2.55. The van der Waals surface area contributed by atoms with Gasteiger partial charge in [0.1, 0.15) is 0 Å². The maximum Gasteiger partial charge on any atom is 0.294 e. The first-order chi connectivity index (χ1) is 17.5. The van der Waals surface area contributed by atoms with Gasteiger partial charge in [-0.25, -0.2) is 17.6 Å². The number of alkyl halides is 2. The van der Waals surface area contributed by atoms with Gasteiger partial charge in [-0.15, -0.1) is 5.10 Å². The fraction of sp³-hybridized carbons (Fsp3) is 0.375. The first kappa shape index (κ1) is 23.4. The van der Waals surface area contributed by atoms with Crippen LogP contribution in [-0.2, 0) is 16.8 Å². The molecule has 0 spiro atoms. The van der Waals surface area contributed by atoms with E-state index in [1.165, 1.54) is 19.2 Å². The van der Waals surface area contributed by atoms with Crippen LogP contribution in [0.5, 0.6) is 0 Å². The van der Waals surface area contributed by atoms with E-state index in [-0.39, 0.29) is 40.2 Å². The Labute approximate surface area is 206 Å². The number of rotatable bonds is 6. The summed E-state index contributed by atoms with van der Waals surface area (Å²) in [6, 6.07) is 2.88. The molecule has 2 saturated carbocycles. The monoisotopic (exact) mass is 516 g/mol. The van der Waals surface area contributed by atoms with E-state index in [0.29, 0.717) is 12.1 Å². The Kier molecular flexibility index (Phi) is 4.89. The number of benzene rings is 1. The molecular weight excluding hydrogens is 496 g/mol. The minimum absolute atomic E-state index is 0.0110. The van der Waals surface area contributed by atoms with Crippen molar-refractivity contribution in [2.24, 2.45) is 5.92 Å². The van der Waals surface area contributed by atoms with Crippen molar-refractivity contribution in [3.8, 4) is 0 Å². The number of H-pyrrole nitrogens is 1. The third-order valence-electron chi connectivity index (χ3n) is 7.45. The van der Waals surface area contributed by atoms with E-state index in [0.717, 1.165) is 18.6 Å². The Morgan fingerprint density at radius 2 is 1.92 bits per heavy atom. The molecule has 2 amide bonds. The predicted molar refractivity (Wildman–Crippen MR) is 119 cm³/mol. The third kappa shape index (κ3) is 3.63. The van der Waals surface area contributed by atoms with Crippen LogP contribution in [0, 0.1) is 24.5 Å². The average Bonchev–Trinajstić information content (AvgIpc) is 3.13. The number of hydrogen-bond acceptors (Lipinski definition) is 5. The normalized spacial score (nSPS) is 22.0. The molecule has 2 fully saturated rings. The molecule has 0 unspecified atom stereocenters. The van der Waals surface area contributed by atoms with Crippen molar-refractivity contribution in [1.29, 1.82) is 0 Å². The predicted octanol–water partition coefficient (Wildman–Crippen LogP) is 3.19. The smallest absolute Gasteiger partial charge is 0.294 e. The van der Waals surface area contributed by atoms with Crippen LogP contribution in [0.15, 0.2) is 24.4 Å².